The highest BCUT2D eigenvalue weighted by molar-refractivity contribution is 7.80. The Balaban J connectivity index is 1.64. The van der Waals surface area contributed by atoms with Crippen molar-refractivity contribution in [2.24, 2.45) is 0 Å². The maximum absolute atomic E-state index is 11.7. The number of hydrogen-bond acceptors (Lipinski definition) is 4. The van der Waals surface area contributed by atoms with Gasteiger partial charge in [0.15, 0.2) is 11.7 Å². The number of nitrogens with one attached hydrogen (secondary N) is 2. The lowest BCUT2D eigenvalue weighted by Gasteiger charge is -2.13. The van der Waals surface area contributed by atoms with Gasteiger partial charge in [0.25, 0.3) is 5.91 Å². The van der Waals surface area contributed by atoms with E-state index in [2.05, 4.69) is 10.6 Å². The molecule has 0 aliphatic carbocycles. The van der Waals surface area contributed by atoms with Crippen LogP contribution >= 0.6 is 23.8 Å². The summed E-state index contributed by atoms with van der Waals surface area (Å²) in [6, 6.07) is 6.79. The lowest BCUT2D eigenvalue weighted by atomic mass is 10.2. The molecule has 21 heavy (non-hydrogen) atoms. The summed E-state index contributed by atoms with van der Waals surface area (Å²) in [6.45, 7) is 1.29. The Bertz CT molecular complexity index is 489. The average Bonchev–Trinajstić information content (AvgIpc) is 2.98. The van der Waals surface area contributed by atoms with Gasteiger partial charge in [0.05, 0.1) is 6.10 Å². The molecule has 0 bridgehead atoms. The van der Waals surface area contributed by atoms with Gasteiger partial charge in [0.2, 0.25) is 0 Å². The van der Waals surface area contributed by atoms with E-state index < -0.39 is 0 Å². The molecule has 0 spiro atoms. The highest BCUT2D eigenvalue weighted by Crippen LogP contribution is 2.15. The van der Waals surface area contributed by atoms with Crippen LogP contribution in [0.15, 0.2) is 24.3 Å². The van der Waals surface area contributed by atoms with Crippen molar-refractivity contribution in [3.8, 4) is 5.75 Å². The number of hydrogen-bond donors (Lipinski definition) is 2. The van der Waals surface area contributed by atoms with E-state index in [1.807, 2.05) is 0 Å². The van der Waals surface area contributed by atoms with Crippen molar-refractivity contribution < 1.29 is 14.3 Å². The molecule has 1 saturated heterocycles. The first-order valence-corrected chi connectivity index (χ1v) is 7.50. The van der Waals surface area contributed by atoms with Crippen molar-refractivity contribution in [1.82, 2.24) is 10.6 Å². The van der Waals surface area contributed by atoms with Crippen LogP contribution in [0.1, 0.15) is 12.8 Å². The van der Waals surface area contributed by atoms with Crippen LogP contribution in [-0.4, -0.2) is 36.9 Å². The molecule has 1 aromatic rings. The number of carbonyl (C=O) groups is 1. The fraction of sp³-hybridized carbons (Fsp3) is 0.429. The second kappa shape index (κ2) is 8.17. The molecule has 1 aromatic carbocycles. The van der Waals surface area contributed by atoms with E-state index in [1.165, 1.54) is 0 Å². The molecule has 0 radical (unpaired) electrons. The molecular weight excluding hydrogens is 312 g/mol. The van der Waals surface area contributed by atoms with Gasteiger partial charge in [-0.1, -0.05) is 11.6 Å². The standard InChI is InChI=1S/C14H17ClN2O3S/c15-10-3-5-11(6-4-10)20-9-13(18)17-14(21)16-8-12-2-1-7-19-12/h3-6,12H,1-2,7-9H2,(H2,16,17,18,21). The summed E-state index contributed by atoms with van der Waals surface area (Å²) >= 11 is 10.8. The number of thiocarbonyl (C=S) groups is 1. The van der Waals surface area contributed by atoms with Crippen molar-refractivity contribution in [2.75, 3.05) is 19.8 Å². The topological polar surface area (TPSA) is 59.6 Å². The van der Waals surface area contributed by atoms with E-state index in [4.69, 9.17) is 33.3 Å². The first-order chi connectivity index (χ1) is 10.1. The maximum atomic E-state index is 11.7. The average molecular weight is 329 g/mol. The fourth-order valence-corrected chi connectivity index (χ4v) is 2.22. The van der Waals surface area contributed by atoms with Crippen LogP contribution in [0.4, 0.5) is 0 Å². The van der Waals surface area contributed by atoms with E-state index in [1.54, 1.807) is 24.3 Å². The molecule has 2 rings (SSSR count). The first-order valence-electron chi connectivity index (χ1n) is 6.71. The molecule has 7 heteroatoms. The van der Waals surface area contributed by atoms with E-state index in [9.17, 15) is 4.79 Å². The molecule has 1 atom stereocenters. The Hall–Kier alpha value is -1.37. The van der Waals surface area contributed by atoms with E-state index in [-0.39, 0.29) is 23.7 Å². The zero-order chi connectivity index (χ0) is 15.1. The number of carbonyl (C=O) groups excluding carboxylic acids is 1. The molecule has 5 nitrogen and oxygen atoms in total. The maximum Gasteiger partial charge on any atom is 0.264 e. The molecule has 1 amide bonds. The summed E-state index contributed by atoms with van der Waals surface area (Å²) < 4.78 is 10.8. The van der Waals surface area contributed by atoms with Gasteiger partial charge in [-0.2, -0.15) is 0 Å². The van der Waals surface area contributed by atoms with Crippen molar-refractivity contribution in [3.05, 3.63) is 29.3 Å². The summed E-state index contributed by atoms with van der Waals surface area (Å²) in [6.07, 6.45) is 2.26. The molecule has 0 aromatic heterocycles. The Morgan fingerprint density at radius 2 is 2.19 bits per heavy atom. The molecule has 1 unspecified atom stereocenters. The van der Waals surface area contributed by atoms with Gasteiger partial charge in [-0.3, -0.25) is 4.79 Å². The number of benzene rings is 1. The van der Waals surface area contributed by atoms with Gasteiger partial charge in [0.1, 0.15) is 5.75 Å². The number of halogens is 1. The van der Waals surface area contributed by atoms with Crippen LogP contribution in [0.3, 0.4) is 0 Å². The predicted molar refractivity (Wildman–Crippen MR) is 84.7 cm³/mol. The largest absolute Gasteiger partial charge is 0.484 e. The van der Waals surface area contributed by atoms with Crippen molar-refractivity contribution >= 4 is 34.8 Å². The van der Waals surface area contributed by atoms with Gasteiger partial charge in [-0.25, -0.2) is 0 Å². The smallest absolute Gasteiger partial charge is 0.264 e. The zero-order valence-electron chi connectivity index (χ0n) is 11.4. The summed E-state index contributed by atoms with van der Waals surface area (Å²) in [5.74, 6) is 0.266. The van der Waals surface area contributed by atoms with Gasteiger partial charge in [-0.15, -0.1) is 0 Å². The molecular formula is C14H17ClN2O3S. The van der Waals surface area contributed by atoms with Gasteiger partial charge >= 0.3 is 0 Å². The summed E-state index contributed by atoms with van der Waals surface area (Å²) in [7, 11) is 0. The minimum Gasteiger partial charge on any atom is -0.484 e. The predicted octanol–water partition coefficient (Wildman–Crippen LogP) is 1.89. The third kappa shape index (κ3) is 5.87. The van der Waals surface area contributed by atoms with E-state index in [0.29, 0.717) is 17.3 Å². The minimum atomic E-state index is -0.310. The fourth-order valence-electron chi connectivity index (χ4n) is 1.90. The minimum absolute atomic E-state index is 0.108. The molecule has 1 fully saturated rings. The van der Waals surface area contributed by atoms with Gasteiger partial charge in [-0.05, 0) is 49.3 Å². The Labute approximate surface area is 133 Å². The lowest BCUT2D eigenvalue weighted by Crippen LogP contribution is -2.43. The zero-order valence-corrected chi connectivity index (χ0v) is 13.0. The summed E-state index contributed by atoms with van der Waals surface area (Å²) in [4.78, 5) is 11.7. The SMILES string of the molecule is O=C(COc1ccc(Cl)cc1)NC(=S)NCC1CCCO1. The molecule has 0 saturated carbocycles. The monoisotopic (exact) mass is 328 g/mol. The first kappa shape index (κ1) is 16.0. The molecule has 1 heterocycles. The van der Waals surface area contributed by atoms with Crippen molar-refractivity contribution in [3.63, 3.8) is 0 Å². The number of amides is 1. The van der Waals surface area contributed by atoms with Gasteiger partial charge < -0.3 is 20.1 Å². The van der Waals surface area contributed by atoms with Crippen molar-refractivity contribution in [2.45, 2.75) is 18.9 Å². The van der Waals surface area contributed by atoms with Crippen LogP contribution in [-0.2, 0) is 9.53 Å². The third-order valence-corrected chi connectivity index (χ3v) is 3.45. The number of rotatable bonds is 5. The second-order valence-electron chi connectivity index (χ2n) is 4.64. The highest BCUT2D eigenvalue weighted by Gasteiger charge is 2.15. The van der Waals surface area contributed by atoms with Crippen molar-refractivity contribution in [1.29, 1.82) is 0 Å². The Morgan fingerprint density at radius 3 is 2.86 bits per heavy atom. The number of ether oxygens (including phenoxy) is 2. The molecule has 1 aliphatic heterocycles. The van der Waals surface area contributed by atoms with Crippen LogP contribution in [0.25, 0.3) is 0 Å². The normalized spacial score (nSPS) is 17.3. The second-order valence-corrected chi connectivity index (χ2v) is 5.48. The lowest BCUT2D eigenvalue weighted by molar-refractivity contribution is -0.121. The summed E-state index contributed by atoms with van der Waals surface area (Å²) in [5, 5.41) is 6.43. The van der Waals surface area contributed by atoms with Crippen LogP contribution < -0.4 is 15.4 Å². The van der Waals surface area contributed by atoms with Crippen LogP contribution in [0.5, 0.6) is 5.75 Å². The van der Waals surface area contributed by atoms with E-state index in [0.717, 1.165) is 19.4 Å². The molecule has 114 valence electrons. The highest BCUT2D eigenvalue weighted by atomic mass is 35.5. The Kier molecular flexibility index (Phi) is 6.22. The third-order valence-electron chi connectivity index (χ3n) is 2.95. The van der Waals surface area contributed by atoms with Gasteiger partial charge in [0, 0.05) is 18.2 Å². The van der Waals surface area contributed by atoms with Crippen LogP contribution in [0.2, 0.25) is 5.02 Å². The van der Waals surface area contributed by atoms with Crippen LogP contribution in [0, 0.1) is 0 Å². The van der Waals surface area contributed by atoms with E-state index >= 15 is 0 Å². The Morgan fingerprint density at radius 1 is 1.43 bits per heavy atom. The quantitative estimate of drug-likeness (QED) is 0.808. The molecule has 1 aliphatic rings. The summed E-state index contributed by atoms with van der Waals surface area (Å²) in [5.41, 5.74) is 0. The molecule has 2 N–H and O–H groups in total.